The number of rotatable bonds is 71. The number of hydrogen-bond acceptors (Lipinski definition) is 10. The number of hydrogen-bond donors (Lipinski definition) is 7. The highest BCUT2D eigenvalue weighted by molar-refractivity contribution is 5.57. The molecule has 0 aliphatic rings. The van der Waals surface area contributed by atoms with Crippen LogP contribution in [0, 0.1) is 0 Å². The van der Waals surface area contributed by atoms with E-state index in [1.54, 1.807) is 0 Å². The van der Waals surface area contributed by atoms with Crippen LogP contribution in [0.25, 0.3) is 0 Å². The molecule has 4 atom stereocenters. The minimum Gasteiger partial charge on any atom is -0.392 e. The van der Waals surface area contributed by atoms with Gasteiger partial charge in [0, 0.05) is 32.4 Å². The molecule has 0 amide bonds. The van der Waals surface area contributed by atoms with Gasteiger partial charge >= 0.3 is 0 Å². The molecule has 0 saturated carbocycles. The third-order valence-corrected chi connectivity index (χ3v) is 17.2. The Labute approximate surface area is 507 Å². The van der Waals surface area contributed by atoms with E-state index in [2.05, 4.69) is 59.7 Å². The molecule has 0 aliphatic carbocycles. The summed E-state index contributed by atoms with van der Waals surface area (Å²) >= 11 is 0. The zero-order valence-electron chi connectivity index (χ0n) is 55.4. The molecule has 10 heteroatoms. The Hall–Kier alpha value is -0.690. The van der Waals surface area contributed by atoms with E-state index in [1.807, 2.05) is 0 Å². The van der Waals surface area contributed by atoms with Crippen molar-refractivity contribution in [3.63, 3.8) is 0 Å². The predicted molar refractivity (Wildman–Crippen MR) is 358 cm³/mol. The summed E-state index contributed by atoms with van der Waals surface area (Å²) in [5.41, 5.74) is 0. The van der Waals surface area contributed by atoms with Gasteiger partial charge in [-0.15, -0.1) is 0 Å². The second-order valence-corrected chi connectivity index (χ2v) is 25.5. The maximum Gasteiger partial charge on any atom is 0.0735 e. The Morgan fingerprint density at radius 2 is 0.519 bits per heavy atom. The molecule has 0 radical (unpaired) electrons. The molecule has 0 heterocycles. The Bertz CT molecular complexity index is 1150. The molecule has 0 spiro atoms. The van der Waals surface area contributed by atoms with Crippen LogP contribution in [-0.2, 0) is 0 Å². The molecule has 10 nitrogen and oxygen atoms in total. The number of nitrogens with one attached hydrogen (secondary N) is 3. The van der Waals surface area contributed by atoms with E-state index in [9.17, 15) is 20.4 Å². The quantitative estimate of drug-likeness (QED) is 0.0235. The Balaban J connectivity index is 5.14. The average Bonchev–Trinajstić information content (AvgIpc) is 3.46. The normalized spacial score (nSPS) is 13.7. The molecule has 0 aromatic carbocycles. The molecule has 0 aliphatic heterocycles. The van der Waals surface area contributed by atoms with Gasteiger partial charge in [-0.05, 0) is 110 Å². The van der Waals surface area contributed by atoms with Crippen LogP contribution in [0.4, 0.5) is 0 Å². The lowest BCUT2D eigenvalue weighted by atomic mass is 10.0. The molecule has 7 N–H and O–H groups in total. The van der Waals surface area contributed by atoms with Crippen molar-refractivity contribution in [3.8, 4) is 0 Å². The van der Waals surface area contributed by atoms with E-state index in [1.165, 1.54) is 231 Å². The number of unbranched alkanes of at least 4 members (excludes halogenated alkanes) is 36. The number of aliphatic hydroxyl groups excluding tert-OH is 4. The minimum atomic E-state index is -0.340. The summed E-state index contributed by atoms with van der Waals surface area (Å²) in [6, 6.07) is 0. The fourth-order valence-electron chi connectivity index (χ4n) is 11.7. The topological polar surface area (TPSA) is 136 Å². The van der Waals surface area contributed by atoms with Crippen LogP contribution >= 0.6 is 0 Å². The van der Waals surface area contributed by atoms with Crippen LogP contribution in [0.15, 0.2) is 4.99 Å². The molecule has 0 bridgehead atoms. The first-order valence-electron chi connectivity index (χ1n) is 36.6. The summed E-state index contributed by atoms with van der Waals surface area (Å²) in [4.78, 5) is 9.97. The van der Waals surface area contributed by atoms with Gasteiger partial charge in [-0.25, -0.2) is 0 Å². The van der Waals surface area contributed by atoms with Crippen LogP contribution in [0.2, 0.25) is 0 Å². The van der Waals surface area contributed by atoms with E-state index < -0.39 is 0 Å². The number of aliphatic hydroxyl groups is 4. The molecule has 0 aromatic heterocycles. The van der Waals surface area contributed by atoms with Gasteiger partial charge in [0.2, 0.25) is 0 Å². The van der Waals surface area contributed by atoms with E-state index in [-0.39, 0.29) is 24.4 Å². The highest BCUT2D eigenvalue weighted by atomic mass is 16.3. The first-order chi connectivity index (χ1) is 39.9. The molecule has 81 heavy (non-hydrogen) atoms. The maximum absolute atomic E-state index is 10.7. The molecular weight excluding hydrogens is 1000 g/mol. The number of nitrogens with zero attached hydrogens (tertiary/aromatic N) is 3. The monoisotopic (exact) mass is 1150 g/mol. The van der Waals surface area contributed by atoms with Gasteiger partial charge in [-0.3, -0.25) is 4.99 Å². The van der Waals surface area contributed by atoms with Gasteiger partial charge in [0.15, 0.2) is 0 Å². The third kappa shape index (κ3) is 65.1. The zero-order valence-corrected chi connectivity index (χ0v) is 55.4. The smallest absolute Gasteiger partial charge is 0.0735 e. The fraction of sp³-hybridized carbons (Fsp3) is 0.986. The summed E-state index contributed by atoms with van der Waals surface area (Å²) in [5.74, 6) is 0. The summed E-state index contributed by atoms with van der Waals surface area (Å²) < 4.78 is 0. The second kappa shape index (κ2) is 68.4. The van der Waals surface area contributed by atoms with Crippen LogP contribution in [-0.4, -0.2) is 146 Å². The zero-order chi connectivity index (χ0) is 58.8. The van der Waals surface area contributed by atoms with Crippen LogP contribution in [0.5, 0.6) is 0 Å². The van der Waals surface area contributed by atoms with Gasteiger partial charge in [0.05, 0.1) is 31.0 Å². The van der Waals surface area contributed by atoms with Gasteiger partial charge in [-0.1, -0.05) is 285 Å². The molecule has 486 valence electrons. The standard InChI is InChI=1S/C71H148N6O4/c1-5-9-13-17-21-25-29-33-37-41-50-68(78)64-72-54-45-58-76(59-46-55-73-65-69(79)51-42-38-34-30-26-22-18-14-10-6-2)62-49-63-77(60-47-56-74-66-70(80)52-43-39-35-31-27-23-19-15-11-7-3)61-48-57-75-67-71(81)53-44-40-36-32-28-24-20-16-12-8-4/h54,68-71,73-75,78-81H,5-53,55-67H2,1-4H3. The second-order valence-electron chi connectivity index (χ2n) is 25.5. The Morgan fingerprint density at radius 3 is 0.802 bits per heavy atom. The highest BCUT2D eigenvalue weighted by Crippen LogP contribution is 2.16. The fourth-order valence-corrected chi connectivity index (χ4v) is 11.7. The first kappa shape index (κ1) is 80.3. The van der Waals surface area contributed by atoms with Crippen LogP contribution in [0.3, 0.4) is 0 Å². The van der Waals surface area contributed by atoms with Crippen LogP contribution < -0.4 is 16.0 Å². The Morgan fingerprint density at radius 1 is 0.284 bits per heavy atom. The first-order valence-corrected chi connectivity index (χ1v) is 36.6. The van der Waals surface area contributed by atoms with Crippen molar-refractivity contribution in [2.24, 2.45) is 4.99 Å². The maximum atomic E-state index is 10.7. The van der Waals surface area contributed by atoms with E-state index in [0.29, 0.717) is 26.2 Å². The van der Waals surface area contributed by atoms with E-state index in [0.717, 1.165) is 142 Å². The van der Waals surface area contributed by atoms with Crippen molar-refractivity contribution in [1.29, 1.82) is 0 Å². The molecule has 0 fully saturated rings. The number of aliphatic imine (C=N–C) groups is 1. The lowest BCUT2D eigenvalue weighted by Crippen LogP contribution is -2.36. The summed E-state index contributed by atoms with van der Waals surface area (Å²) in [7, 11) is 0. The van der Waals surface area contributed by atoms with E-state index >= 15 is 0 Å². The van der Waals surface area contributed by atoms with Crippen molar-refractivity contribution in [3.05, 3.63) is 0 Å². The molecule has 0 aromatic rings. The van der Waals surface area contributed by atoms with Crippen molar-refractivity contribution in [1.82, 2.24) is 25.8 Å². The van der Waals surface area contributed by atoms with Gasteiger partial charge in [-0.2, -0.15) is 0 Å². The van der Waals surface area contributed by atoms with Gasteiger partial charge in [0.25, 0.3) is 0 Å². The summed E-state index contributed by atoms with van der Waals surface area (Å²) in [6.07, 6.45) is 62.6. The Kier molecular flexibility index (Phi) is 67.8. The highest BCUT2D eigenvalue weighted by Gasteiger charge is 2.12. The predicted octanol–water partition coefficient (Wildman–Crippen LogP) is 17.1. The van der Waals surface area contributed by atoms with Crippen molar-refractivity contribution in [2.75, 3.05) is 85.1 Å². The van der Waals surface area contributed by atoms with E-state index in [4.69, 9.17) is 4.99 Å². The largest absolute Gasteiger partial charge is 0.392 e. The lowest BCUT2D eigenvalue weighted by molar-refractivity contribution is 0.156. The summed E-state index contributed by atoms with van der Waals surface area (Å²) in [6.45, 7) is 20.6. The lowest BCUT2D eigenvalue weighted by Gasteiger charge is -2.26. The minimum absolute atomic E-state index is 0.258. The SMILES string of the molecule is CCCCCCCCCCCCC(O)CN=CCCN(CCCNCC(O)CCCCCCCCCCCC)CCCN(CCCNCC(O)CCCCCCCCCCCC)CCCNCC(O)CCCCCCCCCCCC. The van der Waals surface area contributed by atoms with Crippen molar-refractivity contribution in [2.45, 2.75) is 367 Å². The van der Waals surface area contributed by atoms with Crippen LogP contribution in [0.1, 0.15) is 342 Å². The van der Waals surface area contributed by atoms with Gasteiger partial charge < -0.3 is 46.2 Å². The van der Waals surface area contributed by atoms with Crippen molar-refractivity contribution < 1.29 is 20.4 Å². The summed E-state index contributed by atoms with van der Waals surface area (Å²) in [5, 5.41) is 53.7. The van der Waals surface area contributed by atoms with Gasteiger partial charge in [0.1, 0.15) is 0 Å². The average molecular weight is 1150 g/mol. The third-order valence-electron chi connectivity index (χ3n) is 17.2. The molecule has 4 unspecified atom stereocenters. The molecular formula is C71H148N6O4. The molecule has 0 saturated heterocycles. The van der Waals surface area contributed by atoms with Crippen molar-refractivity contribution >= 4 is 6.21 Å². The molecule has 0 rings (SSSR count).